The van der Waals surface area contributed by atoms with Gasteiger partial charge < -0.3 is 5.32 Å². The summed E-state index contributed by atoms with van der Waals surface area (Å²) < 4.78 is 1.58. The van der Waals surface area contributed by atoms with E-state index < -0.39 is 0 Å². The molecule has 0 bridgehead atoms. The molecule has 6 heteroatoms. The Kier molecular flexibility index (Phi) is 4.34. The Hall–Kier alpha value is -1.95. The molecule has 0 aliphatic rings. The second kappa shape index (κ2) is 6.00. The summed E-state index contributed by atoms with van der Waals surface area (Å²) in [5, 5.41) is 9.07. The maximum absolute atomic E-state index is 11.9. The van der Waals surface area contributed by atoms with Gasteiger partial charge in [0.15, 0.2) is 5.78 Å². The first-order chi connectivity index (χ1) is 9.49. The second-order valence-electron chi connectivity index (χ2n) is 4.62. The second-order valence-corrected chi connectivity index (χ2v) is 5.65. The lowest BCUT2D eigenvalue weighted by Crippen LogP contribution is -2.27. The first kappa shape index (κ1) is 14.5. The topological polar surface area (TPSA) is 64.0 Å². The first-order valence-electron chi connectivity index (χ1n) is 6.33. The zero-order valence-corrected chi connectivity index (χ0v) is 12.6. The molecule has 0 saturated carbocycles. The average molecular weight is 291 g/mol. The number of Topliss-reactive ketones (excluding diaryl/α,β-unsaturated/α-hetero) is 1. The highest BCUT2D eigenvalue weighted by atomic mass is 32.1. The molecule has 0 unspecified atom stereocenters. The van der Waals surface area contributed by atoms with Gasteiger partial charge in [-0.25, -0.2) is 0 Å². The van der Waals surface area contributed by atoms with Gasteiger partial charge in [0, 0.05) is 10.6 Å². The van der Waals surface area contributed by atoms with Crippen molar-refractivity contribution in [1.29, 1.82) is 0 Å². The summed E-state index contributed by atoms with van der Waals surface area (Å²) in [6, 6.07) is 3.93. The Morgan fingerprint density at radius 1 is 1.40 bits per heavy atom. The number of amides is 1. The Bertz CT molecular complexity index is 629. The monoisotopic (exact) mass is 291 g/mol. The minimum absolute atomic E-state index is 0.0229. The number of thiophene rings is 1. The average Bonchev–Trinajstić information content (AvgIpc) is 2.96. The van der Waals surface area contributed by atoms with Crippen LogP contribution in [0.4, 0.5) is 0 Å². The largest absolute Gasteiger partial charge is 0.350 e. The van der Waals surface area contributed by atoms with Crippen LogP contribution in [0.1, 0.15) is 33.5 Å². The molecule has 2 aromatic heterocycles. The molecule has 2 aromatic rings. The number of aryl methyl sites for hydroxylation is 1. The van der Waals surface area contributed by atoms with Crippen molar-refractivity contribution in [2.75, 3.05) is 0 Å². The molecule has 0 aliphatic heterocycles. The van der Waals surface area contributed by atoms with Gasteiger partial charge in [0.1, 0.15) is 6.54 Å². The lowest BCUT2D eigenvalue weighted by atomic mass is 10.1. The number of carbonyl (C=O) groups is 2. The van der Waals surface area contributed by atoms with E-state index in [9.17, 15) is 9.59 Å². The van der Waals surface area contributed by atoms with Gasteiger partial charge in [0.25, 0.3) is 0 Å². The summed E-state index contributed by atoms with van der Waals surface area (Å²) in [4.78, 5) is 24.5. The van der Waals surface area contributed by atoms with Crippen molar-refractivity contribution in [2.45, 2.75) is 33.9 Å². The van der Waals surface area contributed by atoms with Crippen LogP contribution in [0.2, 0.25) is 0 Å². The molecule has 0 fully saturated rings. The standard InChI is InChI=1S/C14H17N3O2S/c1-9-14(11(3)18)10(2)17(16-9)8-13(19)15-7-12-5-4-6-20-12/h4-6H,7-8H2,1-3H3,(H,15,19). The van der Waals surface area contributed by atoms with Gasteiger partial charge in [0.05, 0.1) is 17.8 Å². The quantitative estimate of drug-likeness (QED) is 0.858. The van der Waals surface area contributed by atoms with Crippen molar-refractivity contribution in [3.63, 3.8) is 0 Å². The van der Waals surface area contributed by atoms with Crippen LogP contribution < -0.4 is 5.32 Å². The molecule has 0 atom stereocenters. The van der Waals surface area contributed by atoms with E-state index in [0.717, 1.165) is 10.6 Å². The van der Waals surface area contributed by atoms with Crippen LogP contribution in [0.15, 0.2) is 17.5 Å². The molecule has 1 amide bonds. The van der Waals surface area contributed by atoms with Crippen LogP contribution in [0.25, 0.3) is 0 Å². The van der Waals surface area contributed by atoms with E-state index in [1.807, 2.05) is 24.4 Å². The lowest BCUT2D eigenvalue weighted by Gasteiger charge is -2.06. The fourth-order valence-electron chi connectivity index (χ4n) is 2.15. The van der Waals surface area contributed by atoms with Crippen LogP contribution in [0.3, 0.4) is 0 Å². The van der Waals surface area contributed by atoms with Crippen molar-refractivity contribution in [1.82, 2.24) is 15.1 Å². The fraction of sp³-hybridized carbons (Fsp3) is 0.357. The molecule has 0 spiro atoms. The molecule has 1 N–H and O–H groups in total. The molecule has 0 radical (unpaired) electrons. The first-order valence-corrected chi connectivity index (χ1v) is 7.21. The van der Waals surface area contributed by atoms with Crippen molar-refractivity contribution in [3.8, 4) is 0 Å². The summed E-state index contributed by atoms with van der Waals surface area (Å²) in [7, 11) is 0. The van der Waals surface area contributed by atoms with Crippen molar-refractivity contribution in [3.05, 3.63) is 39.3 Å². The van der Waals surface area contributed by atoms with E-state index in [-0.39, 0.29) is 18.2 Å². The molecular weight excluding hydrogens is 274 g/mol. The van der Waals surface area contributed by atoms with Crippen LogP contribution in [0.5, 0.6) is 0 Å². The summed E-state index contributed by atoms with van der Waals surface area (Å²) >= 11 is 1.60. The normalized spacial score (nSPS) is 10.6. The third-order valence-corrected chi connectivity index (χ3v) is 3.94. The maximum atomic E-state index is 11.9. The lowest BCUT2D eigenvalue weighted by molar-refractivity contribution is -0.122. The van der Waals surface area contributed by atoms with Crippen LogP contribution in [-0.4, -0.2) is 21.5 Å². The third kappa shape index (κ3) is 3.14. The number of nitrogens with zero attached hydrogens (tertiary/aromatic N) is 2. The minimum atomic E-state index is -0.112. The van der Waals surface area contributed by atoms with Gasteiger partial charge in [0.2, 0.25) is 5.91 Å². The number of hydrogen-bond donors (Lipinski definition) is 1. The van der Waals surface area contributed by atoms with Crippen molar-refractivity contribution >= 4 is 23.0 Å². The molecule has 106 valence electrons. The van der Waals surface area contributed by atoms with Crippen molar-refractivity contribution in [2.24, 2.45) is 0 Å². The Morgan fingerprint density at radius 2 is 2.15 bits per heavy atom. The van der Waals surface area contributed by atoms with Gasteiger partial charge in [-0.05, 0) is 32.2 Å². The van der Waals surface area contributed by atoms with Gasteiger partial charge in [-0.1, -0.05) is 6.07 Å². The molecule has 0 aliphatic carbocycles. The van der Waals surface area contributed by atoms with E-state index in [0.29, 0.717) is 17.8 Å². The molecule has 2 rings (SSSR count). The zero-order chi connectivity index (χ0) is 14.7. The van der Waals surface area contributed by atoms with Crippen LogP contribution in [-0.2, 0) is 17.9 Å². The number of ketones is 1. The predicted molar refractivity (Wildman–Crippen MR) is 77.9 cm³/mol. The highest BCUT2D eigenvalue weighted by Gasteiger charge is 2.16. The molecule has 0 aromatic carbocycles. The number of rotatable bonds is 5. The maximum Gasteiger partial charge on any atom is 0.242 e. The Balaban J connectivity index is 2.01. The number of aromatic nitrogens is 2. The zero-order valence-electron chi connectivity index (χ0n) is 11.8. The molecule has 20 heavy (non-hydrogen) atoms. The fourth-order valence-corrected chi connectivity index (χ4v) is 2.80. The third-order valence-electron chi connectivity index (χ3n) is 3.07. The van der Waals surface area contributed by atoms with E-state index in [1.165, 1.54) is 6.92 Å². The molecule has 2 heterocycles. The SMILES string of the molecule is CC(=O)c1c(C)nn(CC(=O)NCc2cccs2)c1C. The van der Waals surface area contributed by atoms with E-state index >= 15 is 0 Å². The van der Waals surface area contributed by atoms with E-state index in [2.05, 4.69) is 10.4 Å². The van der Waals surface area contributed by atoms with E-state index in [4.69, 9.17) is 0 Å². The van der Waals surface area contributed by atoms with E-state index in [1.54, 1.807) is 22.9 Å². The summed E-state index contributed by atoms with van der Waals surface area (Å²) in [5.74, 6) is -0.135. The minimum Gasteiger partial charge on any atom is -0.350 e. The molecular formula is C14H17N3O2S. The van der Waals surface area contributed by atoms with Gasteiger partial charge in [-0.2, -0.15) is 5.10 Å². The smallest absolute Gasteiger partial charge is 0.242 e. The summed E-state index contributed by atoms with van der Waals surface area (Å²) in [6.07, 6.45) is 0. The van der Waals surface area contributed by atoms with Crippen LogP contribution >= 0.6 is 11.3 Å². The Morgan fingerprint density at radius 3 is 2.70 bits per heavy atom. The highest BCUT2D eigenvalue weighted by Crippen LogP contribution is 2.13. The molecule has 5 nitrogen and oxygen atoms in total. The number of carbonyl (C=O) groups excluding carboxylic acids is 2. The predicted octanol–water partition coefficient (Wildman–Crippen LogP) is 2.08. The van der Waals surface area contributed by atoms with Gasteiger partial charge in [-0.15, -0.1) is 11.3 Å². The van der Waals surface area contributed by atoms with Crippen molar-refractivity contribution < 1.29 is 9.59 Å². The van der Waals surface area contributed by atoms with Gasteiger partial charge >= 0.3 is 0 Å². The van der Waals surface area contributed by atoms with Gasteiger partial charge in [-0.3, -0.25) is 14.3 Å². The Labute approximate surface area is 121 Å². The summed E-state index contributed by atoms with van der Waals surface area (Å²) in [6.45, 7) is 5.76. The van der Waals surface area contributed by atoms with Crippen LogP contribution in [0, 0.1) is 13.8 Å². The number of nitrogens with one attached hydrogen (secondary N) is 1. The molecule has 0 saturated heterocycles. The highest BCUT2D eigenvalue weighted by molar-refractivity contribution is 7.09. The summed E-state index contributed by atoms with van der Waals surface area (Å²) in [5.41, 5.74) is 2.01. The number of hydrogen-bond acceptors (Lipinski definition) is 4.